The van der Waals surface area contributed by atoms with Crippen LogP contribution in [0.2, 0.25) is 0 Å². The Balaban J connectivity index is 1.72. The fourth-order valence-corrected chi connectivity index (χ4v) is 3.55. The normalized spacial score (nSPS) is 21.0. The van der Waals surface area contributed by atoms with Crippen molar-refractivity contribution in [2.45, 2.75) is 26.0 Å². The summed E-state index contributed by atoms with van der Waals surface area (Å²) in [6, 6.07) is 4.19. The molecule has 1 saturated heterocycles. The molecule has 0 aliphatic carbocycles. The topological polar surface area (TPSA) is 53.6 Å². The summed E-state index contributed by atoms with van der Waals surface area (Å²) < 4.78 is 5.67. The Hall–Kier alpha value is -0.950. The summed E-state index contributed by atoms with van der Waals surface area (Å²) in [6.07, 6.45) is 0.171. The molecule has 2 atom stereocenters. The second-order valence-corrected chi connectivity index (χ2v) is 7.17. The van der Waals surface area contributed by atoms with Gasteiger partial charge in [-0.15, -0.1) is 11.3 Å². The van der Waals surface area contributed by atoms with E-state index in [0.29, 0.717) is 19.0 Å². The fourth-order valence-electron chi connectivity index (χ4n) is 2.60. The Kier molecular flexibility index (Phi) is 6.82. The van der Waals surface area contributed by atoms with Gasteiger partial charge in [-0.05, 0) is 24.4 Å². The number of nitrogens with zero attached hydrogens (tertiary/aromatic N) is 1. The van der Waals surface area contributed by atoms with E-state index in [9.17, 15) is 4.79 Å². The summed E-state index contributed by atoms with van der Waals surface area (Å²) >= 11 is 1.69. The number of ether oxygens (including phenoxy) is 1. The molecule has 22 heavy (non-hydrogen) atoms. The molecule has 1 amide bonds. The highest BCUT2D eigenvalue weighted by atomic mass is 32.1. The minimum absolute atomic E-state index is 0.0382. The van der Waals surface area contributed by atoms with Crippen LogP contribution in [-0.4, -0.2) is 56.7 Å². The zero-order valence-electron chi connectivity index (χ0n) is 13.7. The highest BCUT2D eigenvalue weighted by Crippen LogP contribution is 2.25. The molecule has 5 nitrogen and oxygen atoms in total. The molecule has 1 aliphatic heterocycles. The van der Waals surface area contributed by atoms with Gasteiger partial charge in [-0.2, -0.15) is 0 Å². The number of amides is 1. The van der Waals surface area contributed by atoms with E-state index in [4.69, 9.17) is 4.74 Å². The Bertz CT molecular complexity index is 450. The van der Waals surface area contributed by atoms with Gasteiger partial charge in [0, 0.05) is 24.5 Å². The summed E-state index contributed by atoms with van der Waals surface area (Å²) in [7, 11) is 2.09. The number of rotatable bonds is 7. The van der Waals surface area contributed by atoms with Gasteiger partial charge in [0.2, 0.25) is 5.91 Å². The van der Waals surface area contributed by atoms with E-state index < -0.39 is 0 Å². The maximum atomic E-state index is 12.1. The van der Waals surface area contributed by atoms with Gasteiger partial charge in [-0.1, -0.05) is 19.9 Å². The molecule has 124 valence electrons. The molecule has 2 rings (SSSR count). The van der Waals surface area contributed by atoms with Gasteiger partial charge in [0.05, 0.1) is 25.3 Å². The van der Waals surface area contributed by atoms with Gasteiger partial charge in [-0.3, -0.25) is 4.79 Å². The van der Waals surface area contributed by atoms with E-state index in [-0.39, 0.29) is 18.1 Å². The van der Waals surface area contributed by atoms with E-state index in [1.54, 1.807) is 11.3 Å². The first-order valence-corrected chi connectivity index (χ1v) is 8.78. The number of likely N-dealkylation sites (N-methyl/N-ethyl adjacent to an activating group) is 1. The summed E-state index contributed by atoms with van der Waals surface area (Å²) in [5, 5.41) is 8.38. The van der Waals surface area contributed by atoms with Crippen molar-refractivity contribution in [1.29, 1.82) is 0 Å². The molecular weight excluding hydrogens is 298 g/mol. The summed E-state index contributed by atoms with van der Waals surface area (Å²) in [5.41, 5.74) is 0. The summed E-state index contributed by atoms with van der Waals surface area (Å²) in [6.45, 7) is 7.96. The van der Waals surface area contributed by atoms with Crippen molar-refractivity contribution in [2.75, 3.05) is 39.8 Å². The molecule has 2 heterocycles. The van der Waals surface area contributed by atoms with Gasteiger partial charge in [0.15, 0.2) is 0 Å². The van der Waals surface area contributed by atoms with Crippen LogP contribution in [0.3, 0.4) is 0 Å². The molecule has 0 bridgehead atoms. The lowest BCUT2D eigenvalue weighted by Gasteiger charge is -2.30. The van der Waals surface area contributed by atoms with Crippen LogP contribution in [0.1, 0.15) is 24.8 Å². The van der Waals surface area contributed by atoms with Crippen molar-refractivity contribution in [2.24, 2.45) is 5.92 Å². The summed E-state index contributed by atoms with van der Waals surface area (Å²) in [4.78, 5) is 15.6. The Labute approximate surface area is 137 Å². The van der Waals surface area contributed by atoms with Crippen LogP contribution in [0.25, 0.3) is 0 Å². The second-order valence-electron chi connectivity index (χ2n) is 6.19. The Morgan fingerprint density at radius 1 is 1.55 bits per heavy atom. The quantitative estimate of drug-likeness (QED) is 0.797. The van der Waals surface area contributed by atoms with Crippen molar-refractivity contribution in [1.82, 2.24) is 15.5 Å². The number of nitrogens with one attached hydrogen (secondary N) is 2. The Morgan fingerprint density at radius 2 is 2.36 bits per heavy atom. The van der Waals surface area contributed by atoms with Crippen LogP contribution >= 0.6 is 11.3 Å². The molecule has 1 aromatic heterocycles. The van der Waals surface area contributed by atoms with Crippen LogP contribution in [0, 0.1) is 5.92 Å². The molecule has 1 fully saturated rings. The third kappa shape index (κ3) is 5.35. The van der Waals surface area contributed by atoms with Gasteiger partial charge < -0.3 is 20.3 Å². The first-order valence-electron chi connectivity index (χ1n) is 7.90. The maximum Gasteiger partial charge on any atom is 0.234 e. The molecule has 0 unspecified atom stereocenters. The van der Waals surface area contributed by atoms with Crippen molar-refractivity contribution in [3.05, 3.63) is 22.4 Å². The van der Waals surface area contributed by atoms with E-state index in [1.165, 1.54) is 4.88 Å². The number of hydrogen-bond donors (Lipinski definition) is 2. The third-order valence-corrected chi connectivity index (χ3v) is 4.79. The van der Waals surface area contributed by atoms with Crippen LogP contribution < -0.4 is 10.6 Å². The number of morpholine rings is 1. The largest absolute Gasteiger partial charge is 0.374 e. The van der Waals surface area contributed by atoms with E-state index in [1.807, 2.05) is 11.4 Å². The Morgan fingerprint density at radius 3 is 3.00 bits per heavy atom. The lowest BCUT2D eigenvalue weighted by Crippen LogP contribution is -2.46. The molecule has 6 heteroatoms. The molecular formula is C16H27N3O2S. The average molecular weight is 325 g/mol. The van der Waals surface area contributed by atoms with Crippen LogP contribution in [0.5, 0.6) is 0 Å². The fraction of sp³-hybridized carbons (Fsp3) is 0.688. The summed E-state index contributed by atoms with van der Waals surface area (Å²) in [5.74, 6) is 0.411. The van der Waals surface area contributed by atoms with Crippen molar-refractivity contribution >= 4 is 17.2 Å². The highest BCUT2D eigenvalue weighted by molar-refractivity contribution is 7.10. The minimum atomic E-state index is 0.0382. The predicted molar refractivity (Wildman–Crippen MR) is 90.1 cm³/mol. The van der Waals surface area contributed by atoms with Gasteiger partial charge >= 0.3 is 0 Å². The highest BCUT2D eigenvalue weighted by Gasteiger charge is 2.20. The SMILES string of the molecule is CC(C)[C@H](NC(=O)CNC[C@@H]1CN(C)CCO1)c1cccs1. The third-order valence-electron chi connectivity index (χ3n) is 3.83. The molecule has 2 N–H and O–H groups in total. The molecule has 0 aromatic carbocycles. The smallest absolute Gasteiger partial charge is 0.234 e. The van der Waals surface area contributed by atoms with Crippen LogP contribution in [0.15, 0.2) is 17.5 Å². The monoisotopic (exact) mass is 325 g/mol. The molecule has 0 saturated carbocycles. The predicted octanol–water partition coefficient (Wildman–Crippen LogP) is 1.48. The maximum absolute atomic E-state index is 12.1. The zero-order chi connectivity index (χ0) is 15.9. The minimum Gasteiger partial charge on any atom is -0.374 e. The number of hydrogen-bond acceptors (Lipinski definition) is 5. The number of thiophene rings is 1. The lowest BCUT2D eigenvalue weighted by molar-refractivity contribution is -0.121. The van der Waals surface area contributed by atoms with E-state index in [2.05, 4.69) is 42.5 Å². The molecule has 1 aliphatic rings. The molecule has 1 aromatic rings. The number of carbonyl (C=O) groups is 1. The standard InChI is InChI=1S/C16H27N3O2S/c1-12(2)16(14-5-4-8-22-14)18-15(20)10-17-9-13-11-19(3)6-7-21-13/h4-5,8,12-13,16-17H,6-7,9-11H2,1-3H3,(H,18,20)/t13-,16+/m1/s1. The lowest BCUT2D eigenvalue weighted by atomic mass is 10.0. The van der Waals surface area contributed by atoms with E-state index >= 15 is 0 Å². The first-order chi connectivity index (χ1) is 10.6. The van der Waals surface area contributed by atoms with Crippen molar-refractivity contribution in [3.63, 3.8) is 0 Å². The average Bonchev–Trinajstić information content (AvgIpc) is 2.98. The van der Waals surface area contributed by atoms with Crippen molar-refractivity contribution < 1.29 is 9.53 Å². The van der Waals surface area contributed by atoms with Crippen LogP contribution in [0.4, 0.5) is 0 Å². The second kappa shape index (κ2) is 8.62. The number of carbonyl (C=O) groups excluding carboxylic acids is 1. The van der Waals surface area contributed by atoms with Gasteiger partial charge in [0.1, 0.15) is 0 Å². The first kappa shape index (κ1) is 17.4. The molecule has 0 radical (unpaired) electrons. The van der Waals surface area contributed by atoms with Gasteiger partial charge in [0.25, 0.3) is 0 Å². The van der Waals surface area contributed by atoms with E-state index in [0.717, 1.165) is 19.7 Å². The van der Waals surface area contributed by atoms with Crippen LogP contribution in [-0.2, 0) is 9.53 Å². The van der Waals surface area contributed by atoms with Crippen molar-refractivity contribution in [3.8, 4) is 0 Å². The zero-order valence-corrected chi connectivity index (χ0v) is 14.5. The van der Waals surface area contributed by atoms with Gasteiger partial charge in [-0.25, -0.2) is 0 Å². The molecule has 0 spiro atoms.